The van der Waals surface area contributed by atoms with Gasteiger partial charge >= 0.3 is 0 Å². The average Bonchev–Trinajstić information content (AvgIpc) is 2.35. The molecule has 0 bridgehead atoms. The largest absolute Gasteiger partial charge is 0.396 e. The zero-order chi connectivity index (χ0) is 14.7. The van der Waals surface area contributed by atoms with Crippen LogP contribution in [0.2, 0.25) is 0 Å². The van der Waals surface area contributed by atoms with Gasteiger partial charge in [0.25, 0.3) is 0 Å². The Bertz CT molecular complexity index is 424. The maximum absolute atomic E-state index is 9.27. The third-order valence-corrected chi connectivity index (χ3v) is 2.83. The van der Waals surface area contributed by atoms with E-state index in [9.17, 15) is 5.11 Å². The molecule has 0 unspecified atom stereocenters. The predicted molar refractivity (Wildman–Crippen MR) is 79.6 cm³/mol. The van der Waals surface area contributed by atoms with Gasteiger partial charge in [0.15, 0.2) is 0 Å². The second-order valence-corrected chi connectivity index (χ2v) is 6.64. The number of anilines is 2. The summed E-state index contributed by atoms with van der Waals surface area (Å²) >= 11 is 0. The Labute approximate surface area is 115 Å². The quantitative estimate of drug-likeness (QED) is 0.762. The number of hydrogen-bond donors (Lipinski definition) is 3. The van der Waals surface area contributed by atoms with Gasteiger partial charge < -0.3 is 15.7 Å². The van der Waals surface area contributed by atoms with Crippen molar-refractivity contribution in [3.05, 3.63) is 11.9 Å². The van der Waals surface area contributed by atoms with Gasteiger partial charge in [0.1, 0.15) is 17.5 Å². The Morgan fingerprint density at radius 1 is 1.11 bits per heavy atom. The van der Waals surface area contributed by atoms with Crippen molar-refractivity contribution in [3.63, 3.8) is 0 Å². The van der Waals surface area contributed by atoms with E-state index in [1.165, 1.54) is 0 Å². The first kappa shape index (κ1) is 15.7. The van der Waals surface area contributed by atoms with Crippen molar-refractivity contribution in [1.29, 1.82) is 0 Å². The standard InChI is InChI=1S/C14H26N4O/c1-13(2,3)12-17-10(15-6)7-11(18-12)16-8-14(4,5)9-19/h7,19H,8-9H2,1-6H3,(H2,15,16,17,18). The Hall–Kier alpha value is -1.36. The van der Waals surface area contributed by atoms with Gasteiger partial charge in [0.2, 0.25) is 0 Å². The minimum absolute atomic E-state index is 0.101. The first-order valence-corrected chi connectivity index (χ1v) is 6.60. The van der Waals surface area contributed by atoms with Crippen LogP contribution in [0.1, 0.15) is 40.4 Å². The van der Waals surface area contributed by atoms with E-state index in [4.69, 9.17) is 0 Å². The second kappa shape index (κ2) is 5.74. The van der Waals surface area contributed by atoms with Crippen molar-refractivity contribution < 1.29 is 5.11 Å². The second-order valence-electron chi connectivity index (χ2n) is 6.64. The Kier molecular flexibility index (Phi) is 4.74. The predicted octanol–water partition coefficient (Wildman–Crippen LogP) is 2.25. The molecule has 1 heterocycles. The number of hydrogen-bond acceptors (Lipinski definition) is 5. The molecule has 0 fully saturated rings. The fourth-order valence-electron chi connectivity index (χ4n) is 1.39. The molecule has 0 amide bonds. The van der Waals surface area contributed by atoms with E-state index in [1.807, 2.05) is 27.0 Å². The Balaban J connectivity index is 2.95. The lowest BCUT2D eigenvalue weighted by Crippen LogP contribution is -2.27. The van der Waals surface area contributed by atoms with Gasteiger partial charge in [-0.15, -0.1) is 0 Å². The molecule has 0 radical (unpaired) electrons. The molecule has 1 rings (SSSR count). The van der Waals surface area contributed by atoms with Crippen LogP contribution in [0, 0.1) is 5.41 Å². The maximum Gasteiger partial charge on any atom is 0.138 e. The lowest BCUT2D eigenvalue weighted by atomic mass is 9.95. The molecule has 5 heteroatoms. The van der Waals surface area contributed by atoms with E-state index in [2.05, 4.69) is 41.4 Å². The number of rotatable bonds is 5. The van der Waals surface area contributed by atoms with E-state index in [1.54, 1.807) is 0 Å². The normalized spacial score (nSPS) is 12.4. The van der Waals surface area contributed by atoms with Crippen LogP contribution in [-0.4, -0.2) is 35.3 Å². The molecule has 1 aromatic heterocycles. The first-order chi connectivity index (χ1) is 8.68. The maximum atomic E-state index is 9.27. The molecule has 5 nitrogen and oxygen atoms in total. The average molecular weight is 266 g/mol. The van der Waals surface area contributed by atoms with Crippen molar-refractivity contribution in [3.8, 4) is 0 Å². The van der Waals surface area contributed by atoms with Crippen LogP contribution >= 0.6 is 0 Å². The highest BCUT2D eigenvalue weighted by molar-refractivity contribution is 5.48. The van der Waals surface area contributed by atoms with E-state index in [0.29, 0.717) is 6.54 Å². The highest BCUT2D eigenvalue weighted by Crippen LogP contribution is 2.23. The van der Waals surface area contributed by atoms with Crippen molar-refractivity contribution >= 4 is 11.6 Å². The van der Waals surface area contributed by atoms with Crippen LogP contribution in [0.25, 0.3) is 0 Å². The molecule has 0 saturated heterocycles. The summed E-state index contributed by atoms with van der Waals surface area (Å²) in [5, 5.41) is 15.6. The van der Waals surface area contributed by atoms with E-state index < -0.39 is 0 Å². The summed E-state index contributed by atoms with van der Waals surface area (Å²) < 4.78 is 0. The summed E-state index contributed by atoms with van der Waals surface area (Å²) in [6, 6.07) is 1.88. The molecule has 0 aliphatic carbocycles. The summed E-state index contributed by atoms with van der Waals surface area (Å²) in [5.74, 6) is 2.37. The molecule has 1 aromatic rings. The molecule has 0 aliphatic heterocycles. The molecular weight excluding hydrogens is 240 g/mol. The lowest BCUT2D eigenvalue weighted by molar-refractivity contribution is 0.170. The highest BCUT2D eigenvalue weighted by atomic mass is 16.3. The van der Waals surface area contributed by atoms with Crippen LogP contribution < -0.4 is 10.6 Å². The van der Waals surface area contributed by atoms with Crippen LogP contribution in [0.15, 0.2) is 6.07 Å². The first-order valence-electron chi connectivity index (χ1n) is 6.60. The van der Waals surface area contributed by atoms with Crippen molar-refractivity contribution in [2.75, 3.05) is 30.8 Å². The van der Waals surface area contributed by atoms with Gasteiger partial charge in [-0.1, -0.05) is 34.6 Å². The van der Waals surface area contributed by atoms with E-state index in [-0.39, 0.29) is 17.4 Å². The molecular formula is C14H26N4O. The minimum atomic E-state index is -0.174. The van der Waals surface area contributed by atoms with E-state index in [0.717, 1.165) is 17.5 Å². The summed E-state index contributed by atoms with van der Waals surface area (Å²) in [5.41, 5.74) is -0.275. The van der Waals surface area contributed by atoms with Gasteiger partial charge in [0.05, 0.1) is 0 Å². The summed E-state index contributed by atoms with van der Waals surface area (Å²) in [6.07, 6.45) is 0. The third kappa shape index (κ3) is 4.67. The van der Waals surface area contributed by atoms with E-state index >= 15 is 0 Å². The van der Waals surface area contributed by atoms with Gasteiger partial charge in [-0.3, -0.25) is 0 Å². The summed E-state index contributed by atoms with van der Waals surface area (Å²) in [6.45, 7) is 11.1. The molecule has 3 N–H and O–H groups in total. The number of aromatic nitrogens is 2. The summed E-state index contributed by atoms with van der Waals surface area (Å²) in [7, 11) is 1.84. The smallest absolute Gasteiger partial charge is 0.138 e. The zero-order valence-electron chi connectivity index (χ0n) is 12.8. The molecule has 0 atom stereocenters. The monoisotopic (exact) mass is 266 g/mol. The molecule has 0 aromatic carbocycles. The zero-order valence-corrected chi connectivity index (χ0v) is 12.8. The van der Waals surface area contributed by atoms with Gasteiger partial charge in [0, 0.05) is 37.1 Å². The molecule has 0 saturated carbocycles. The number of aliphatic hydroxyl groups is 1. The van der Waals surface area contributed by atoms with Crippen LogP contribution in [0.4, 0.5) is 11.6 Å². The fourth-order valence-corrected chi connectivity index (χ4v) is 1.39. The van der Waals surface area contributed by atoms with Gasteiger partial charge in [-0.05, 0) is 0 Å². The Morgan fingerprint density at radius 2 is 1.68 bits per heavy atom. The number of aliphatic hydroxyl groups excluding tert-OH is 1. The molecule has 0 spiro atoms. The summed E-state index contributed by atoms with van der Waals surface area (Å²) in [4.78, 5) is 9.02. The highest BCUT2D eigenvalue weighted by Gasteiger charge is 2.20. The molecule has 0 aliphatic rings. The van der Waals surface area contributed by atoms with Crippen molar-refractivity contribution in [2.24, 2.45) is 5.41 Å². The van der Waals surface area contributed by atoms with Crippen LogP contribution in [0.5, 0.6) is 0 Å². The number of nitrogens with one attached hydrogen (secondary N) is 2. The van der Waals surface area contributed by atoms with Crippen molar-refractivity contribution in [1.82, 2.24) is 9.97 Å². The van der Waals surface area contributed by atoms with Gasteiger partial charge in [-0.2, -0.15) is 0 Å². The Morgan fingerprint density at radius 3 is 2.16 bits per heavy atom. The van der Waals surface area contributed by atoms with Crippen LogP contribution in [-0.2, 0) is 5.41 Å². The number of nitrogens with zero attached hydrogens (tertiary/aromatic N) is 2. The van der Waals surface area contributed by atoms with Crippen molar-refractivity contribution in [2.45, 2.75) is 40.0 Å². The molecule has 108 valence electrons. The third-order valence-electron chi connectivity index (χ3n) is 2.83. The molecule has 19 heavy (non-hydrogen) atoms. The fraction of sp³-hybridized carbons (Fsp3) is 0.714. The minimum Gasteiger partial charge on any atom is -0.396 e. The lowest BCUT2D eigenvalue weighted by Gasteiger charge is -2.23. The van der Waals surface area contributed by atoms with Gasteiger partial charge in [-0.25, -0.2) is 9.97 Å². The SMILES string of the molecule is CNc1cc(NCC(C)(C)CO)nc(C(C)(C)C)n1. The van der Waals surface area contributed by atoms with Crippen LogP contribution in [0.3, 0.4) is 0 Å². The topological polar surface area (TPSA) is 70.1 Å².